The van der Waals surface area contributed by atoms with Crippen molar-refractivity contribution in [2.45, 2.75) is 0 Å². The summed E-state index contributed by atoms with van der Waals surface area (Å²) in [5.41, 5.74) is 1.76. The van der Waals surface area contributed by atoms with Crippen LogP contribution in [0.3, 0.4) is 0 Å². The van der Waals surface area contributed by atoms with Crippen molar-refractivity contribution in [3.63, 3.8) is 0 Å². The van der Waals surface area contributed by atoms with Crippen LogP contribution in [0.15, 0.2) is 71.5 Å². The zero-order valence-corrected chi connectivity index (χ0v) is 9.21. The smallest absolute Gasteiger partial charge is 1.00 e. The summed E-state index contributed by atoms with van der Waals surface area (Å²) in [6.45, 7) is 0. The molecule has 0 N–H and O–H groups in total. The van der Waals surface area contributed by atoms with Crippen LogP contribution < -0.4 is 18.9 Å². The van der Waals surface area contributed by atoms with Crippen LogP contribution >= 0.6 is 0 Å². The van der Waals surface area contributed by atoms with Crippen LogP contribution in [0.1, 0.15) is 1.43 Å². The van der Waals surface area contributed by atoms with Gasteiger partial charge >= 0.3 is 18.9 Å². The van der Waals surface area contributed by atoms with Crippen LogP contribution in [0, 0.1) is 0 Å². The van der Waals surface area contributed by atoms with E-state index in [1.165, 1.54) is 6.39 Å². The van der Waals surface area contributed by atoms with Crippen LogP contribution in [0.25, 0.3) is 11.1 Å². The Kier molecular flexibility index (Phi) is 5.42. The molecule has 0 aliphatic rings. The minimum atomic E-state index is 0. The number of benzene rings is 2. The standard InChI is InChI=1S/C7H5NO.C6H6.Li.H/c1-2-4-7-6(3-1)8-5-9-7;1-2-4-6-5-3-1;;/h1-5H;1-6H;;/q;;+1;-1. The van der Waals surface area contributed by atoms with Gasteiger partial charge in [0.25, 0.3) is 0 Å². The van der Waals surface area contributed by atoms with Crippen molar-refractivity contribution in [2.24, 2.45) is 0 Å². The molecule has 0 aliphatic carbocycles. The van der Waals surface area contributed by atoms with E-state index in [0.29, 0.717) is 0 Å². The second-order valence-electron chi connectivity index (χ2n) is 2.97. The Balaban J connectivity index is 0.000000287. The molecule has 2 nitrogen and oxygen atoms in total. The van der Waals surface area contributed by atoms with E-state index in [9.17, 15) is 0 Å². The molecule has 0 aliphatic heterocycles. The average molecular weight is 205 g/mol. The zero-order chi connectivity index (χ0) is 10.3. The van der Waals surface area contributed by atoms with Gasteiger partial charge in [-0.15, -0.1) is 0 Å². The van der Waals surface area contributed by atoms with Crippen LogP contribution in [-0.2, 0) is 0 Å². The largest absolute Gasteiger partial charge is 1.00 e. The minimum Gasteiger partial charge on any atom is -1.00 e. The number of hydrogen-bond acceptors (Lipinski definition) is 2. The summed E-state index contributed by atoms with van der Waals surface area (Å²) < 4.78 is 5.01. The third kappa shape index (κ3) is 3.58. The van der Waals surface area contributed by atoms with E-state index in [2.05, 4.69) is 4.98 Å². The van der Waals surface area contributed by atoms with Crippen molar-refractivity contribution in [1.82, 2.24) is 4.98 Å². The summed E-state index contributed by atoms with van der Waals surface area (Å²) in [5.74, 6) is 0. The second-order valence-corrected chi connectivity index (χ2v) is 2.97. The predicted octanol–water partition coefficient (Wildman–Crippen LogP) is 0.631. The summed E-state index contributed by atoms with van der Waals surface area (Å²) in [4.78, 5) is 3.95. The van der Waals surface area contributed by atoms with E-state index in [4.69, 9.17) is 4.42 Å². The summed E-state index contributed by atoms with van der Waals surface area (Å²) in [5, 5.41) is 0. The number of fused-ring (bicyclic) bond motifs is 1. The molecule has 2 aromatic carbocycles. The van der Waals surface area contributed by atoms with Crippen molar-refractivity contribution in [2.75, 3.05) is 0 Å². The van der Waals surface area contributed by atoms with Crippen molar-refractivity contribution >= 4 is 11.1 Å². The topological polar surface area (TPSA) is 26.0 Å². The molecule has 1 aromatic heterocycles. The van der Waals surface area contributed by atoms with Gasteiger partial charge in [0.1, 0.15) is 5.52 Å². The van der Waals surface area contributed by atoms with Gasteiger partial charge < -0.3 is 5.84 Å². The first kappa shape index (κ1) is 12.6. The van der Waals surface area contributed by atoms with Crippen LogP contribution in [0.4, 0.5) is 0 Å². The van der Waals surface area contributed by atoms with Gasteiger partial charge in [-0.2, -0.15) is 0 Å². The van der Waals surface area contributed by atoms with Crippen molar-refractivity contribution in [3.05, 3.63) is 67.1 Å². The molecular formula is C13H12LiNO. The Morgan fingerprint density at radius 3 is 1.94 bits per heavy atom. The number of para-hydroxylation sites is 2. The Bertz CT molecular complexity index is 456. The fourth-order valence-corrected chi connectivity index (χ4v) is 1.19. The maximum absolute atomic E-state index is 5.01. The van der Waals surface area contributed by atoms with E-state index in [0.717, 1.165) is 11.1 Å². The average Bonchev–Trinajstić information content (AvgIpc) is 2.80. The van der Waals surface area contributed by atoms with Gasteiger partial charge in [-0.25, -0.2) is 4.98 Å². The van der Waals surface area contributed by atoms with Gasteiger partial charge in [0.05, 0.1) is 0 Å². The van der Waals surface area contributed by atoms with Gasteiger partial charge in [0.2, 0.25) is 0 Å². The molecule has 3 aromatic rings. The van der Waals surface area contributed by atoms with Gasteiger partial charge in [0, 0.05) is 0 Å². The fraction of sp³-hybridized carbons (Fsp3) is 0. The molecule has 3 rings (SSSR count). The van der Waals surface area contributed by atoms with E-state index < -0.39 is 0 Å². The van der Waals surface area contributed by atoms with E-state index in [1.54, 1.807) is 0 Å². The molecule has 0 amide bonds. The maximum Gasteiger partial charge on any atom is 1.00 e. The van der Waals surface area contributed by atoms with Gasteiger partial charge in [-0.1, -0.05) is 48.5 Å². The SMILES string of the molecule is [H-].[Li+].c1ccc2ocnc2c1.c1ccccc1. The molecular weight excluding hydrogens is 193 g/mol. The third-order valence-electron chi connectivity index (χ3n) is 1.90. The second kappa shape index (κ2) is 6.89. The van der Waals surface area contributed by atoms with Gasteiger partial charge in [-0.05, 0) is 12.1 Å². The van der Waals surface area contributed by atoms with E-state index in [-0.39, 0.29) is 20.3 Å². The molecule has 0 radical (unpaired) electrons. The quantitative estimate of drug-likeness (QED) is 0.503. The molecule has 0 atom stereocenters. The Morgan fingerprint density at radius 2 is 1.38 bits per heavy atom. The molecule has 1 heterocycles. The number of rotatable bonds is 0. The van der Waals surface area contributed by atoms with Crippen molar-refractivity contribution < 1.29 is 24.7 Å². The molecule has 0 saturated carbocycles. The molecule has 0 saturated heterocycles. The first-order chi connectivity index (χ1) is 7.47. The molecule has 16 heavy (non-hydrogen) atoms. The third-order valence-corrected chi connectivity index (χ3v) is 1.90. The summed E-state index contributed by atoms with van der Waals surface area (Å²) in [6, 6.07) is 19.7. The number of nitrogens with zero attached hydrogens (tertiary/aromatic N) is 1. The zero-order valence-electron chi connectivity index (χ0n) is 10.2. The normalized spacial score (nSPS) is 8.75. The van der Waals surface area contributed by atoms with Gasteiger partial charge in [-0.3, -0.25) is 0 Å². The van der Waals surface area contributed by atoms with Crippen molar-refractivity contribution in [3.8, 4) is 0 Å². The van der Waals surface area contributed by atoms with Crippen LogP contribution in [-0.4, -0.2) is 4.98 Å². The molecule has 0 bridgehead atoms. The summed E-state index contributed by atoms with van der Waals surface area (Å²) in [7, 11) is 0. The number of oxazole rings is 1. The minimum absolute atomic E-state index is 0. The maximum atomic E-state index is 5.01. The fourth-order valence-electron chi connectivity index (χ4n) is 1.19. The predicted molar refractivity (Wildman–Crippen MR) is 61.6 cm³/mol. The molecule has 0 unspecified atom stereocenters. The Labute approximate surface area is 108 Å². The monoisotopic (exact) mass is 205 g/mol. The molecule has 0 spiro atoms. The number of aromatic nitrogens is 1. The summed E-state index contributed by atoms with van der Waals surface area (Å²) >= 11 is 0. The first-order valence-electron chi connectivity index (χ1n) is 4.75. The molecule has 0 fully saturated rings. The molecule has 3 heteroatoms. The Morgan fingerprint density at radius 1 is 0.812 bits per heavy atom. The van der Waals surface area contributed by atoms with Crippen molar-refractivity contribution in [1.29, 1.82) is 0 Å². The van der Waals surface area contributed by atoms with Crippen LogP contribution in [0.2, 0.25) is 0 Å². The Hall–Kier alpha value is -1.49. The van der Waals surface area contributed by atoms with E-state index in [1.807, 2.05) is 60.7 Å². The number of hydrogen-bond donors (Lipinski definition) is 0. The summed E-state index contributed by atoms with van der Waals surface area (Å²) in [6.07, 6.45) is 1.45. The van der Waals surface area contributed by atoms with E-state index >= 15 is 0 Å². The van der Waals surface area contributed by atoms with Crippen LogP contribution in [0.5, 0.6) is 0 Å². The first-order valence-corrected chi connectivity index (χ1v) is 4.75. The van der Waals surface area contributed by atoms with Gasteiger partial charge in [0.15, 0.2) is 12.0 Å². The molecule has 76 valence electrons.